The van der Waals surface area contributed by atoms with E-state index >= 15 is 0 Å². The van der Waals surface area contributed by atoms with E-state index in [-0.39, 0.29) is 5.56 Å². The van der Waals surface area contributed by atoms with Crippen molar-refractivity contribution in [3.05, 3.63) is 46.0 Å². The molecule has 90 valence electrons. The summed E-state index contributed by atoms with van der Waals surface area (Å²) in [6, 6.07) is 7.37. The van der Waals surface area contributed by atoms with Gasteiger partial charge < -0.3 is 14.6 Å². The molecule has 1 atom stereocenters. The number of carbonyl (C=O) groups excluding carboxylic acids is 1. The predicted molar refractivity (Wildman–Crippen MR) is 51.8 cm³/mol. The summed E-state index contributed by atoms with van der Waals surface area (Å²) >= 11 is 0. The van der Waals surface area contributed by atoms with Crippen molar-refractivity contribution < 1.29 is 29.1 Å². The van der Waals surface area contributed by atoms with Gasteiger partial charge in [0.05, 0.1) is 10.5 Å². The van der Waals surface area contributed by atoms with Crippen LogP contribution in [0, 0.1) is 10.1 Å². The number of carboxylic acid groups (broad SMARTS) is 1. The Kier molecular flexibility index (Phi) is 3.98. The fraction of sp³-hybridized carbons (Fsp3) is 0.111. The van der Waals surface area contributed by atoms with Gasteiger partial charge in [0.1, 0.15) is 0 Å². The van der Waals surface area contributed by atoms with Gasteiger partial charge in [-0.05, 0) is 12.1 Å². The molecular formula is C9H7NO7. The molecule has 0 spiro atoms. The molecule has 0 saturated heterocycles. The monoisotopic (exact) mass is 241 g/mol. The second kappa shape index (κ2) is 5.45. The summed E-state index contributed by atoms with van der Waals surface area (Å²) in [6.45, 7) is 0. The van der Waals surface area contributed by atoms with E-state index in [2.05, 4.69) is 9.47 Å². The Morgan fingerprint density at radius 2 is 1.88 bits per heavy atom. The van der Waals surface area contributed by atoms with Crippen LogP contribution in [0.1, 0.15) is 11.8 Å². The molecule has 8 heteroatoms. The molecular weight excluding hydrogens is 234 g/mol. The first-order valence-corrected chi connectivity index (χ1v) is 4.30. The topological polar surface area (TPSA) is 116 Å². The Morgan fingerprint density at radius 3 is 2.35 bits per heavy atom. The fourth-order valence-electron chi connectivity index (χ4n) is 1.04. The van der Waals surface area contributed by atoms with E-state index < -0.39 is 23.5 Å². The van der Waals surface area contributed by atoms with Gasteiger partial charge in [-0.2, -0.15) is 0 Å². The van der Waals surface area contributed by atoms with Crippen LogP contribution < -0.4 is 0 Å². The molecule has 0 aliphatic rings. The molecule has 0 bridgehead atoms. The highest BCUT2D eigenvalue weighted by molar-refractivity contribution is 5.75. The maximum Gasteiger partial charge on any atom is 0.524 e. The van der Waals surface area contributed by atoms with Crippen LogP contribution in [0.4, 0.5) is 9.59 Å². The molecule has 1 rings (SSSR count). The van der Waals surface area contributed by atoms with Gasteiger partial charge in [0, 0.05) is 0 Å². The Bertz CT molecular complexity index is 430. The molecule has 0 aliphatic heterocycles. The second-order valence-electron chi connectivity index (χ2n) is 2.78. The molecule has 0 radical (unpaired) electrons. The van der Waals surface area contributed by atoms with Gasteiger partial charge in [0.2, 0.25) is 0 Å². The summed E-state index contributed by atoms with van der Waals surface area (Å²) in [5, 5.41) is 18.8. The van der Waals surface area contributed by atoms with Crippen molar-refractivity contribution in [1.82, 2.24) is 0 Å². The molecule has 0 fully saturated rings. The Labute approximate surface area is 94.5 Å². The first kappa shape index (κ1) is 12.4. The molecule has 8 nitrogen and oxygen atoms in total. The van der Waals surface area contributed by atoms with Gasteiger partial charge in [-0.25, -0.2) is 9.59 Å². The van der Waals surface area contributed by atoms with E-state index in [1.807, 2.05) is 0 Å². The van der Waals surface area contributed by atoms with Gasteiger partial charge in [-0.3, -0.25) is 10.1 Å². The van der Waals surface area contributed by atoms with Crippen molar-refractivity contribution in [2.24, 2.45) is 0 Å². The normalized spacial score (nSPS) is 11.3. The smallest absolute Gasteiger partial charge is 0.449 e. The first-order chi connectivity index (χ1) is 8.00. The van der Waals surface area contributed by atoms with E-state index in [0.717, 1.165) is 0 Å². The summed E-state index contributed by atoms with van der Waals surface area (Å²) in [6.07, 6.45) is -5.35. The fourth-order valence-corrected chi connectivity index (χ4v) is 1.04. The number of rotatable bonds is 3. The van der Waals surface area contributed by atoms with Crippen molar-refractivity contribution in [1.29, 1.82) is 0 Å². The highest BCUT2D eigenvalue weighted by atomic mass is 16.8. The van der Waals surface area contributed by atoms with Gasteiger partial charge >= 0.3 is 18.5 Å². The zero-order chi connectivity index (χ0) is 12.8. The average Bonchev–Trinajstić information content (AvgIpc) is 2.25. The van der Waals surface area contributed by atoms with Gasteiger partial charge in [0.25, 0.3) is 0 Å². The molecule has 0 amide bonds. The molecule has 1 aromatic carbocycles. The number of benzene rings is 1. The van der Waals surface area contributed by atoms with Gasteiger partial charge in [0.15, 0.2) is 0 Å². The number of nitro groups is 1. The Hall–Kier alpha value is -2.64. The standard InChI is InChI=1S/C9H7NO7/c11-8(12)17-9(13)16-7(10(14)15)6-4-2-1-3-5-6/h1-5,7H,(H,11,12). The van der Waals surface area contributed by atoms with E-state index in [9.17, 15) is 19.7 Å². The maximum atomic E-state index is 10.8. The lowest BCUT2D eigenvalue weighted by Crippen LogP contribution is -2.20. The SMILES string of the molecule is O=C(O)OC(=O)OC(c1ccccc1)[N+](=O)[O-]. The Balaban J connectivity index is 2.78. The lowest BCUT2D eigenvalue weighted by Gasteiger charge is -2.08. The highest BCUT2D eigenvalue weighted by Gasteiger charge is 2.28. The van der Waals surface area contributed by atoms with Crippen LogP contribution >= 0.6 is 0 Å². The van der Waals surface area contributed by atoms with Crippen molar-refractivity contribution in [2.75, 3.05) is 0 Å². The van der Waals surface area contributed by atoms with Crippen LogP contribution in [-0.4, -0.2) is 22.3 Å². The predicted octanol–water partition coefficient (Wildman–Crippen LogP) is 1.79. The van der Waals surface area contributed by atoms with Crippen molar-refractivity contribution in [3.63, 3.8) is 0 Å². The summed E-state index contributed by atoms with van der Waals surface area (Å²) in [5.74, 6) is 0. The molecule has 0 aromatic heterocycles. The van der Waals surface area contributed by atoms with Crippen molar-refractivity contribution >= 4 is 12.3 Å². The maximum absolute atomic E-state index is 10.8. The third-order valence-corrected chi connectivity index (χ3v) is 1.65. The summed E-state index contributed by atoms with van der Waals surface area (Å²) in [5.41, 5.74) is 0.0971. The quantitative estimate of drug-likeness (QED) is 0.282. The zero-order valence-corrected chi connectivity index (χ0v) is 8.31. The van der Waals surface area contributed by atoms with Crippen LogP contribution in [0.3, 0.4) is 0 Å². The summed E-state index contributed by atoms with van der Waals surface area (Å²) in [4.78, 5) is 30.6. The molecule has 0 aliphatic carbocycles. The second-order valence-corrected chi connectivity index (χ2v) is 2.78. The van der Waals surface area contributed by atoms with Crippen LogP contribution in [0.2, 0.25) is 0 Å². The third-order valence-electron chi connectivity index (χ3n) is 1.65. The van der Waals surface area contributed by atoms with E-state index in [4.69, 9.17) is 5.11 Å². The third kappa shape index (κ3) is 3.78. The molecule has 1 unspecified atom stereocenters. The van der Waals surface area contributed by atoms with Crippen molar-refractivity contribution in [2.45, 2.75) is 6.23 Å². The molecule has 0 heterocycles. The largest absolute Gasteiger partial charge is 0.524 e. The lowest BCUT2D eigenvalue weighted by atomic mass is 10.2. The van der Waals surface area contributed by atoms with E-state index in [1.54, 1.807) is 6.07 Å². The van der Waals surface area contributed by atoms with E-state index in [0.29, 0.717) is 0 Å². The van der Waals surface area contributed by atoms with Gasteiger partial charge in [-0.15, -0.1) is 0 Å². The van der Waals surface area contributed by atoms with Crippen LogP contribution in [0.25, 0.3) is 0 Å². The molecule has 0 saturated carbocycles. The van der Waals surface area contributed by atoms with Crippen LogP contribution in [-0.2, 0) is 9.47 Å². The highest BCUT2D eigenvalue weighted by Crippen LogP contribution is 2.18. The minimum Gasteiger partial charge on any atom is -0.449 e. The average molecular weight is 241 g/mol. The van der Waals surface area contributed by atoms with Gasteiger partial charge in [-0.1, -0.05) is 18.2 Å². The summed E-state index contributed by atoms with van der Waals surface area (Å²) < 4.78 is 7.87. The minimum atomic E-state index is -1.90. The van der Waals surface area contributed by atoms with Crippen LogP contribution in [0.5, 0.6) is 0 Å². The van der Waals surface area contributed by atoms with Crippen molar-refractivity contribution in [3.8, 4) is 0 Å². The van der Waals surface area contributed by atoms with E-state index in [1.165, 1.54) is 24.3 Å². The number of nitrogens with zero attached hydrogens (tertiary/aromatic N) is 1. The number of ether oxygens (including phenoxy) is 2. The number of hydrogen-bond donors (Lipinski definition) is 1. The first-order valence-electron chi connectivity index (χ1n) is 4.30. The number of hydrogen-bond acceptors (Lipinski definition) is 6. The summed E-state index contributed by atoms with van der Waals surface area (Å²) in [7, 11) is 0. The van der Waals surface area contributed by atoms with Crippen LogP contribution in [0.15, 0.2) is 30.3 Å². The lowest BCUT2D eigenvalue weighted by molar-refractivity contribution is -0.575. The minimum absolute atomic E-state index is 0.0971. The Morgan fingerprint density at radius 1 is 1.29 bits per heavy atom. The zero-order valence-electron chi connectivity index (χ0n) is 8.31. The molecule has 17 heavy (non-hydrogen) atoms. The molecule has 1 N–H and O–H groups in total. The number of carbonyl (C=O) groups is 2. The molecule has 1 aromatic rings.